The molecule has 2 aromatic carbocycles. The molecule has 9 nitrogen and oxygen atoms in total. The summed E-state index contributed by atoms with van der Waals surface area (Å²) in [6, 6.07) is 9.46. The molecule has 218 valence electrons. The van der Waals surface area contributed by atoms with Gasteiger partial charge in [0.15, 0.2) is 11.6 Å². The monoisotopic (exact) mass is 606 g/mol. The smallest absolute Gasteiger partial charge is 0.227 e. The number of halogens is 2. The van der Waals surface area contributed by atoms with Crippen LogP contribution < -0.4 is 20.1 Å². The fourth-order valence-electron chi connectivity index (χ4n) is 5.11. The first-order valence-electron chi connectivity index (χ1n) is 13.5. The Morgan fingerprint density at radius 3 is 2.55 bits per heavy atom. The van der Waals surface area contributed by atoms with Crippen molar-refractivity contribution in [2.45, 2.75) is 25.8 Å². The van der Waals surface area contributed by atoms with Gasteiger partial charge in [0.2, 0.25) is 5.95 Å². The van der Waals surface area contributed by atoms with E-state index in [1.54, 1.807) is 12.3 Å². The van der Waals surface area contributed by atoms with E-state index in [0.717, 1.165) is 41.7 Å². The number of likely N-dealkylation sites (tertiary alicyclic amines) is 1. The second-order valence-corrected chi connectivity index (χ2v) is 11.0. The molecule has 0 radical (unpaired) electrons. The number of carbonyl (C=O) groups excluding carboxylic acids is 1. The van der Waals surface area contributed by atoms with Crippen LogP contribution in [0.1, 0.15) is 17.5 Å². The molecule has 4 aromatic rings. The number of hydrogen-bond acceptors (Lipinski definition) is 9. The Labute approximate surface area is 254 Å². The molecule has 1 unspecified atom stereocenters. The van der Waals surface area contributed by atoms with Crippen LogP contribution in [0.3, 0.4) is 0 Å². The van der Waals surface area contributed by atoms with E-state index in [2.05, 4.69) is 34.1 Å². The van der Waals surface area contributed by atoms with E-state index in [9.17, 15) is 4.79 Å². The zero-order chi connectivity index (χ0) is 30.0. The average Bonchev–Trinajstić information content (AvgIpc) is 3.39. The topological polar surface area (TPSA) is 102 Å². The van der Waals surface area contributed by atoms with Crippen LogP contribution in [0, 0.1) is 6.92 Å². The minimum Gasteiger partial charge on any atom is -0.495 e. The number of aryl methyl sites for hydroxylation is 1. The van der Waals surface area contributed by atoms with Gasteiger partial charge in [-0.3, -0.25) is 4.79 Å². The largest absolute Gasteiger partial charge is 0.495 e. The summed E-state index contributed by atoms with van der Waals surface area (Å²) >= 11 is 13.5. The number of methoxy groups -OCH3 is 2. The van der Waals surface area contributed by atoms with Gasteiger partial charge in [0.25, 0.3) is 0 Å². The Morgan fingerprint density at radius 2 is 1.90 bits per heavy atom. The lowest BCUT2D eigenvalue weighted by Gasteiger charge is -2.19. The summed E-state index contributed by atoms with van der Waals surface area (Å²) < 4.78 is 11.0. The number of allylic oxidation sites excluding steroid dienone is 1. The van der Waals surface area contributed by atoms with Crippen molar-refractivity contribution >= 4 is 57.3 Å². The summed E-state index contributed by atoms with van der Waals surface area (Å²) in [5.41, 5.74) is 4.22. The van der Waals surface area contributed by atoms with Crippen LogP contribution in [0.25, 0.3) is 22.2 Å². The van der Waals surface area contributed by atoms with Gasteiger partial charge in [-0.2, -0.15) is 0 Å². The molecule has 11 heteroatoms. The van der Waals surface area contributed by atoms with Gasteiger partial charge in [-0.25, -0.2) is 15.0 Å². The van der Waals surface area contributed by atoms with Gasteiger partial charge in [-0.1, -0.05) is 48.0 Å². The molecule has 3 heterocycles. The summed E-state index contributed by atoms with van der Waals surface area (Å²) in [4.78, 5) is 28.9. The van der Waals surface area contributed by atoms with Crippen molar-refractivity contribution in [3.8, 4) is 22.8 Å². The molecule has 0 saturated carbocycles. The highest BCUT2D eigenvalue weighted by atomic mass is 35.5. The van der Waals surface area contributed by atoms with Crippen molar-refractivity contribution < 1.29 is 14.3 Å². The number of nitrogens with one attached hydrogen (secondary N) is 2. The third-order valence-corrected chi connectivity index (χ3v) is 8.07. The number of nitrogens with zero attached hydrogens (tertiary/aromatic N) is 4. The maximum Gasteiger partial charge on any atom is 0.227 e. The molecule has 1 aliphatic rings. The van der Waals surface area contributed by atoms with Crippen LogP contribution in [-0.4, -0.2) is 66.0 Å². The second-order valence-electron chi connectivity index (χ2n) is 10.2. The van der Waals surface area contributed by atoms with Crippen LogP contribution in [-0.2, 0) is 11.2 Å². The van der Waals surface area contributed by atoms with Crippen molar-refractivity contribution in [3.05, 3.63) is 70.4 Å². The summed E-state index contributed by atoms with van der Waals surface area (Å²) in [7, 11) is 5.16. The molecule has 0 spiro atoms. The first kappa shape index (κ1) is 29.6. The predicted molar refractivity (Wildman–Crippen MR) is 169 cm³/mol. The fraction of sp³-hybridized carbons (Fsp3) is 0.290. The number of carbonyl (C=O) groups is 1. The molecule has 1 fully saturated rings. The third-order valence-electron chi connectivity index (χ3n) is 7.32. The number of likely N-dealkylation sites (N-methyl/N-ethyl adjacent to an activating group) is 1. The van der Waals surface area contributed by atoms with Crippen molar-refractivity contribution in [2.75, 3.05) is 45.0 Å². The lowest BCUT2D eigenvalue weighted by atomic mass is 10.0. The molecular formula is C31H32Cl2N6O3. The molecule has 2 N–H and O–H groups in total. The number of pyridine rings is 1. The van der Waals surface area contributed by atoms with Gasteiger partial charge >= 0.3 is 0 Å². The number of hydrogen-bond donors (Lipinski definition) is 2. The highest BCUT2D eigenvalue weighted by molar-refractivity contribution is 6.41. The normalized spacial score (nSPS) is 15.0. The quantitative estimate of drug-likeness (QED) is 0.196. The summed E-state index contributed by atoms with van der Waals surface area (Å²) in [6.07, 6.45) is 4.24. The number of aromatic nitrogens is 3. The van der Waals surface area contributed by atoms with E-state index < -0.39 is 0 Å². The fourth-order valence-corrected chi connectivity index (χ4v) is 5.81. The van der Waals surface area contributed by atoms with E-state index >= 15 is 0 Å². The molecule has 1 aliphatic heterocycles. The van der Waals surface area contributed by atoms with Gasteiger partial charge in [0, 0.05) is 47.9 Å². The molecule has 0 aliphatic carbocycles. The van der Waals surface area contributed by atoms with Crippen molar-refractivity contribution in [3.63, 3.8) is 0 Å². The summed E-state index contributed by atoms with van der Waals surface area (Å²) in [5, 5.41) is 8.31. The van der Waals surface area contributed by atoms with Gasteiger partial charge in [0.1, 0.15) is 17.0 Å². The molecule has 2 aromatic heterocycles. The van der Waals surface area contributed by atoms with E-state index in [4.69, 9.17) is 42.6 Å². The Balaban J connectivity index is 1.63. The number of ether oxygens (including phenoxy) is 2. The van der Waals surface area contributed by atoms with Crippen LogP contribution in [0.4, 0.5) is 17.5 Å². The SMILES string of the molecule is C=CC(=O)Cc1cccc(C)c1Nc1ncc2cc(-c3c(Cl)c(OC)cc(OC)c3Cl)nc(NC3CCN(C)C3)c2n1. The van der Waals surface area contributed by atoms with Gasteiger partial charge in [-0.15, -0.1) is 0 Å². The van der Waals surface area contributed by atoms with Crippen LogP contribution in [0.5, 0.6) is 11.5 Å². The average molecular weight is 608 g/mol. The van der Waals surface area contributed by atoms with Crippen molar-refractivity contribution in [1.29, 1.82) is 0 Å². The Morgan fingerprint density at radius 1 is 1.17 bits per heavy atom. The van der Waals surface area contributed by atoms with Crippen LogP contribution >= 0.6 is 23.2 Å². The third kappa shape index (κ3) is 5.99. The van der Waals surface area contributed by atoms with E-state index in [1.165, 1.54) is 20.3 Å². The van der Waals surface area contributed by atoms with Crippen LogP contribution in [0.15, 0.2) is 49.2 Å². The molecule has 1 atom stereocenters. The molecule has 0 amide bonds. The standard InChI is InChI=1S/C31H32Cl2N6O3/c1-6-21(40)12-18-9-7-8-17(2)28(18)37-31-34-15-19-13-22(25-26(32)23(41-4)14-24(42-5)27(25)33)36-30(29(19)38-31)35-20-10-11-39(3)16-20/h6-9,13-15,20H,1,10-12,16H2,2-5H3,(H,35,36)(H,34,37,38). The van der Waals surface area contributed by atoms with E-state index in [0.29, 0.717) is 50.1 Å². The van der Waals surface area contributed by atoms with Crippen LogP contribution in [0.2, 0.25) is 10.0 Å². The maximum atomic E-state index is 12.2. The zero-order valence-corrected chi connectivity index (χ0v) is 25.4. The number of para-hydroxylation sites is 1. The molecule has 42 heavy (non-hydrogen) atoms. The lowest BCUT2D eigenvalue weighted by Crippen LogP contribution is -2.24. The number of anilines is 3. The minimum absolute atomic E-state index is 0.0701. The zero-order valence-electron chi connectivity index (χ0n) is 23.9. The number of ketones is 1. The van der Waals surface area contributed by atoms with Gasteiger partial charge in [0.05, 0.1) is 30.0 Å². The maximum absolute atomic E-state index is 12.2. The second kappa shape index (κ2) is 12.5. The highest BCUT2D eigenvalue weighted by Crippen LogP contribution is 2.46. The summed E-state index contributed by atoms with van der Waals surface area (Å²) in [6.45, 7) is 7.41. The molecule has 5 rings (SSSR count). The predicted octanol–water partition coefficient (Wildman–Crippen LogP) is 6.48. The van der Waals surface area contributed by atoms with Gasteiger partial charge in [-0.05, 0) is 50.2 Å². The summed E-state index contributed by atoms with van der Waals surface area (Å²) in [5.74, 6) is 1.72. The van der Waals surface area contributed by atoms with Crippen molar-refractivity contribution in [2.24, 2.45) is 0 Å². The Hall–Kier alpha value is -3.92. The molecule has 0 bridgehead atoms. The minimum atomic E-state index is -0.0701. The number of fused-ring (bicyclic) bond motifs is 1. The Kier molecular flexibility index (Phi) is 8.82. The van der Waals surface area contributed by atoms with Gasteiger partial charge < -0.3 is 25.0 Å². The molecule has 1 saturated heterocycles. The lowest BCUT2D eigenvalue weighted by molar-refractivity contribution is -0.114. The van der Waals surface area contributed by atoms with Crippen molar-refractivity contribution in [1.82, 2.24) is 19.9 Å². The number of benzene rings is 2. The molecular weight excluding hydrogens is 575 g/mol. The Bertz CT molecular complexity index is 1650. The van der Waals surface area contributed by atoms with E-state index in [1.807, 2.05) is 31.2 Å². The highest BCUT2D eigenvalue weighted by Gasteiger charge is 2.24. The van der Waals surface area contributed by atoms with E-state index in [-0.39, 0.29) is 18.2 Å². The first-order chi connectivity index (χ1) is 20.2. The number of rotatable bonds is 10. The first-order valence-corrected chi connectivity index (χ1v) is 14.2.